The maximum atomic E-state index is 13.7. The van der Waals surface area contributed by atoms with Crippen molar-refractivity contribution >= 4 is 51.9 Å². The maximum absolute atomic E-state index is 13.7. The first-order valence-electron chi connectivity index (χ1n) is 14.6. The maximum Gasteiger partial charge on any atom is 0.259 e. The predicted octanol–water partition coefficient (Wildman–Crippen LogP) is 4.35. The van der Waals surface area contributed by atoms with E-state index < -0.39 is 11.3 Å². The van der Waals surface area contributed by atoms with Crippen molar-refractivity contribution in [2.45, 2.75) is 44.0 Å². The van der Waals surface area contributed by atoms with Crippen LogP contribution in [0.5, 0.6) is 23.0 Å². The van der Waals surface area contributed by atoms with Crippen LogP contribution in [0, 0.1) is 0 Å². The number of nitrogens with one attached hydrogen (secondary N) is 2. The van der Waals surface area contributed by atoms with Gasteiger partial charge in [-0.2, -0.15) is 0 Å². The molecule has 12 nitrogen and oxygen atoms in total. The number of rotatable bonds is 9. The summed E-state index contributed by atoms with van der Waals surface area (Å²) in [5.74, 6) is 2.30. The number of benzene rings is 3. The number of amides is 3. The zero-order valence-electron chi connectivity index (χ0n) is 24.3. The Morgan fingerprint density at radius 2 is 1.71 bits per heavy atom. The summed E-state index contributed by atoms with van der Waals surface area (Å²) in [6.07, 6.45) is 0.833. The summed E-state index contributed by atoms with van der Waals surface area (Å²) < 4.78 is 21.5. The fourth-order valence-electron chi connectivity index (χ4n) is 5.32. The number of anilines is 1. The SMILES string of the molecule is CC[C@H](SC1=Nc2ccccc2C2=N[C@H](CCC(=O)NCc3ccc4c(c3)OCO4)C(=O)N12)C(=O)Nc1ccc2c(c1)OCO2. The molecular formula is C32H29N5O7S. The molecule has 0 unspecified atom stereocenters. The van der Waals surface area contributed by atoms with E-state index in [9.17, 15) is 14.4 Å². The number of para-hydroxylation sites is 1. The molecule has 0 aliphatic carbocycles. The summed E-state index contributed by atoms with van der Waals surface area (Å²) in [5.41, 5.74) is 2.85. The Morgan fingerprint density at radius 1 is 0.978 bits per heavy atom. The molecular weight excluding hydrogens is 598 g/mol. The van der Waals surface area contributed by atoms with Crippen LogP contribution in [-0.4, -0.2) is 58.5 Å². The predicted molar refractivity (Wildman–Crippen MR) is 167 cm³/mol. The molecule has 3 aromatic carbocycles. The molecule has 0 radical (unpaired) electrons. The van der Waals surface area contributed by atoms with Crippen molar-refractivity contribution in [2.24, 2.45) is 9.98 Å². The molecule has 3 aromatic rings. The number of ether oxygens (including phenoxy) is 4. The van der Waals surface area contributed by atoms with Gasteiger partial charge in [0.1, 0.15) is 11.9 Å². The Balaban J connectivity index is 1.02. The first-order valence-corrected chi connectivity index (χ1v) is 15.5. The number of fused-ring (bicyclic) bond motifs is 5. The molecule has 0 spiro atoms. The first-order chi connectivity index (χ1) is 22.0. The third kappa shape index (κ3) is 5.78. The lowest BCUT2D eigenvalue weighted by Gasteiger charge is -2.27. The lowest BCUT2D eigenvalue weighted by molar-refractivity contribution is -0.125. The molecule has 0 saturated heterocycles. The quantitative estimate of drug-likeness (QED) is 0.357. The van der Waals surface area contributed by atoms with Gasteiger partial charge in [-0.25, -0.2) is 9.89 Å². The summed E-state index contributed by atoms with van der Waals surface area (Å²) in [4.78, 5) is 50.8. The zero-order chi connectivity index (χ0) is 30.9. The number of aliphatic imine (C=N–C) groups is 2. The van der Waals surface area contributed by atoms with Gasteiger partial charge >= 0.3 is 0 Å². The molecule has 13 heteroatoms. The van der Waals surface area contributed by atoms with Gasteiger partial charge in [0, 0.05) is 30.3 Å². The van der Waals surface area contributed by atoms with Gasteiger partial charge in [0.15, 0.2) is 28.2 Å². The molecule has 7 rings (SSSR count). The normalized spacial score (nSPS) is 17.7. The average molecular weight is 628 g/mol. The molecule has 4 aliphatic heterocycles. The van der Waals surface area contributed by atoms with Crippen LogP contribution >= 0.6 is 11.8 Å². The number of carbonyl (C=O) groups is 3. The van der Waals surface area contributed by atoms with Gasteiger partial charge in [0.25, 0.3) is 5.91 Å². The van der Waals surface area contributed by atoms with E-state index in [2.05, 4.69) is 10.6 Å². The lowest BCUT2D eigenvalue weighted by atomic mass is 10.1. The van der Waals surface area contributed by atoms with Gasteiger partial charge in [0.2, 0.25) is 25.4 Å². The highest BCUT2D eigenvalue weighted by Gasteiger charge is 2.42. The average Bonchev–Trinajstić information content (AvgIpc) is 3.80. The van der Waals surface area contributed by atoms with Gasteiger partial charge in [-0.3, -0.25) is 19.4 Å². The fourth-order valence-corrected chi connectivity index (χ4v) is 6.34. The van der Waals surface area contributed by atoms with Crippen LogP contribution in [-0.2, 0) is 20.9 Å². The summed E-state index contributed by atoms with van der Waals surface area (Å²) >= 11 is 1.21. The third-order valence-electron chi connectivity index (χ3n) is 7.67. The molecule has 45 heavy (non-hydrogen) atoms. The second-order valence-electron chi connectivity index (χ2n) is 10.6. The van der Waals surface area contributed by atoms with Gasteiger partial charge < -0.3 is 29.6 Å². The van der Waals surface area contributed by atoms with Crippen LogP contribution < -0.4 is 29.6 Å². The van der Waals surface area contributed by atoms with Gasteiger partial charge in [-0.15, -0.1) is 0 Å². The van der Waals surface area contributed by atoms with Crippen LogP contribution in [0.2, 0.25) is 0 Å². The van der Waals surface area contributed by atoms with E-state index in [1.54, 1.807) is 18.2 Å². The fraction of sp³-hybridized carbons (Fsp3) is 0.281. The van der Waals surface area contributed by atoms with Crippen molar-refractivity contribution in [1.82, 2.24) is 10.2 Å². The molecule has 2 N–H and O–H groups in total. The molecule has 0 bridgehead atoms. The van der Waals surface area contributed by atoms with Crippen molar-refractivity contribution in [3.05, 3.63) is 71.8 Å². The molecule has 0 aromatic heterocycles. The molecule has 3 amide bonds. The Labute approximate surface area is 262 Å². The summed E-state index contributed by atoms with van der Waals surface area (Å²) in [5, 5.41) is 5.67. The molecule has 230 valence electrons. The van der Waals surface area contributed by atoms with Gasteiger partial charge in [-0.1, -0.05) is 36.9 Å². The monoisotopic (exact) mass is 627 g/mol. The Kier molecular flexibility index (Phi) is 7.76. The van der Waals surface area contributed by atoms with Crippen molar-refractivity contribution in [3.63, 3.8) is 0 Å². The van der Waals surface area contributed by atoms with E-state index in [1.165, 1.54) is 16.7 Å². The van der Waals surface area contributed by atoms with Crippen molar-refractivity contribution < 1.29 is 33.3 Å². The number of hydrogen-bond acceptors (Lipinski definition) is 10. The largest absolute Gasteiger partial charge is 0.454 e. The molecule has 0 saturated carbocycles. The molecule has 4 aliphatic rings. The van der Waals surface area contributed by atoms with Crippen LogP contribution in [0.1, 0.15) is 37.3 Å². The van der Waals surface area contributed by atoms with Crippen LogP contribution in [0.3, 0.4) is 0 Å². The highest BCUT2D eigenvalue weighted by molar-refractivity contribution is 8.15. The number of amidine groups is 2. The Morgan fingerprint density at radius 3 is 2.51 bits per heavy atom. The van der Waals surface area contributed by atoms with E-state index >= 15 is 0 Å². The standard InChI is InChI=1S/C32H29N5O7S/c1-2-27(30(39)34-19-8-11-24-26(14-19)44-17-42-24)45-32-36-21-6-4-3-5-20(21)29-35-22(31(40)37(29)32)9-12-28(38)33-15-18-7-10-23-25(13-18)43-16-41-23/h3-8,10-11,13-14,22,27H,2,9,12,15-17H2,1H3,(H,33,38)(H,34,39)/t22-,27+/m1/s1. The van der Waals surface area contributed by atoms with Crippen molar-refractivity contribution in [3.8, 4) is 23.0 Å². The van der Waals surface area contributed by atoms with Crippen molar-refractivity contribution in [2.75, 3.05) is 18.9 Å². The van der Waals surface area contributed by atoms with Gasteiger partial charge in [-0.05, 0) is 54.8 Å². The summed E-state index contributed by atoms with van der Waals surface area (Å²) in [6.45, 7) is 2.55. The Bertz CT molecular complexity index is 1760. The lowest BCUT2D eigenvalue weighted by Crippen LogP contribution is -2.42. The highest BCUT2D eigenvalue weighted by Crippen LogP contribution is 2.37. The van der Waals surface area contributed by atoms with E-state index in [0.717, 1.165) is 11.1 Å². The molecule has 2 atom stereocenters. The second-order valence-corrected chi connectivity index (χ2v) is 11.8. The van der Waals surface area contributed by atoms with Crippen LogP contribution in [0.15, 0.2) is 70.6 Å². The topological polar surface area (TPSA) is 140 Å². The Hall–Kier alpha value is -5.04. The highest BCUT2D eigenvalue weighted by atomic mass is 32.2. The third-order valence-corrected chi connectivity index (χ3v) is 8.99. The van der Waals surface area contributed by atoms with Crippen molar-refractivity contribution in [1.29, 1.82) is 0 Å². The minimum Gasteiger partial charge on any atom is -0.454 e. The minimum absolute atomic E-state index is 0.113. The van der Waals surface area contributed by atoms with E-state index in [-0.39, 0.29) is 44.1 Å². The van der Waals surface area contributed by atoms with Gasteiger partial charge in [0.05, 0.1) is 10.9 Å². The summed E-state index contributed by atoms with van der Waals surface area (Å²) in [6, 6.07) is 17.4. The molecule has 4 heterocycles. The van der Waals surface area contributed by atoms with E-state index in [1.807, 2.05) is 49.4 Å². The van der Waals surface area contributed by atoms with Crippen LogP contribution in [0.25, 0.3) is 0 Å². The smallest absolute Gasteiger partial charge is 0.259 e. The molecule has 0 fully saturated rings. The minimum atomic E-state index is -0.754. The number of nitrogens with zero attached hydrogens (tertiary/aromatic N) is 3. The van der Waals surface area contributed by atoms with Crippen LogP contribution in [0.4, 0.5) is 11.4 Å². The second kappa shape index (κ2) is 12.2. The number of thioether (sulfide) groups is 1. The summed E-state index contributed by atoms with van der Waals surface area (Å²) in [7, 11) is 0. The number of carbonyl (C=O) groups excluding carboxylic acids is 3. The first kappa shape index (κ1) is 28.7. The van der Waals surface area contributed by atoms with E-state index in [0.29, 0.717) is 58.3 Å². The number of hydrogen-bond donors (Lipinski definition) is 2. The zero-order valence-corrected chi connectivity index (χ0v) is 25.1. The van der Waals surface area contributed by atoms with E-state index in [4.69, 9.17) is 28.9 Å².